The SMILES string of the molecule is CC(NC(=O)/C=C\c1ccccc1)C1C2CC3CC(C2)CC1C3. The normalized spacial score (nSPS) is 36.3. The van der Waals surface area contributed by atoms with Gasteiger partial charge in [-0.15, -0.1) is 0 Å². The van der Waals surface area contributed by atoms with Gasteiger partial charge >= 0.3 is 0 Å². The van der Waals surface area contributed by atoms with E-state index in [9.17, 15) is 4.79 Å². The second-order valence-electron chi connectivity index (χ2n) is 8.05. The van der Waals surface area contributed by atoms with Crippen LogP contribution in [0, 0.1) is 29.6 Å². The Hall–Kier alpha value is -1.57. The molecule has 0 aromatic heterocycles. The number of amides is 1. The molecule has 122 valence electrons. The lowest BCUT2D eigenvalue weighted by Gasteiger charge is -2.56. The van der Waals surface area contributed by atoms with Crippen LogP contribution in [0.2, 0.25) is 0 Å². The fraction of sp³-hybridized carbons (Fsp3) is 0.571. The molecule has 0 aliphatic heterocycles. The third-order valence-electron chi connectivity index (χ3n) is 6.47. The molecular formula is C21H27NO. The number of hydrogen-bond acceptors (Lipinski definition) is 1. The van der Waals surface area contributed by atoms with Crippen LogP contribution in [0.15, 0.2) is 36.4 Å². The topological polar surface area (TPSA) is 29.1 Å². The highest BCUT2D eigenvalue weighted by Crippen LogP contribution is 2.57. The lowest BCUT2D eigenvalue weighted by atomic mass is 9.50. The van der Waals surface area contributed by atoms with Crippen molar-refractivity contribution in [2.24, 2.45) is 29.6 Å². The summed E-state index contributed by atoms with van der Waals surface area (Å²) in [4.78, 5) is 12.3. The van der Waals surface area contributed by atoms with Crippen molar-refractivity contribution in [3.63, 3.8) is 0 Å². The Balaban J connectivity index is 1.37. The highest BCUT2D eigenvalue weighted by atomic mass is 16.1. The molecule has 1 N–H and O–H groups in total. The third-order valence-corrected chi connectivity index (χ3v) is 6.47. The van der Waals surface area contributed by atoms with Gasteiger partial charge in [0, 0.05) is 12.1 Å². The van der Waals surface area contributed by atoms with Crippen molar-refractivity contribution in [3.05, 3.63) is 42.0 Å². The van der Waals surface area contributed by atoms with E-state index in [4.69, 9.17) is 0 Å². The van der Waals surface area contributed by atoms with Crippen molar-refractivity contribution in [2.75, 3.05) is 0 Å². The Morgan fingerprint density at radius 3 is 2.26 bits per heavy atom. The van der Waals surface area contributed by atoms with Gasteiger partial charge in [-0.3, -0.25) is 4.79 Å². The Morgan fingerprint density at radius 1 is 1.04 bits per heavy atom. The predicted octanol–water partition coefficient (Wildman–Crippen LogP) is 4.28. The number of benzene rings is 1. The molecular weight excluding hydrogens is 282 g/mol. The Labute approximate surface area is 139 Å². The Morgan fingerprint density at radius 2 is 1.65 bits per heavy atom. The number of rotatable bonds is 4. The summed E-state index contributed by atoms with van der Waals surface area (Å²) in [6.07, 6.45) is 10.7. The van der Waals surface area contributed by atoms with Gasteiger partial charge in [0.2, 0.25) is 5.91 Å². The second-order valence-corrected chi connectivity index (χ2v) is 8.05. The average molecular weight is 309 g/mol. The first-order chi connectivity index (χ1) is 11.2. The lowest BCUT2D eigenvalue weighted by molar-refractivity contribution is -0.119. The fourth-order valence-electron chi connectivity index (χ4n) is 5.89. The van der Waals surface area contributed by atoms with E-state index in [-0.39, 0.29) is 5.91 Å². The van der Waals surface area contributed by atoms with E-state index in [0.29, 0.717) is 12.0 Å². The van der Waals surface area contributed by atoms with E-state index in [0.717, 1.165) is 29.2 Å². The molecule has 0 heterocycles. The Bertz CT molecular complexity index is 563. The largest absolute Gasteiger partial charge is 0.350 e. The van der Waals surface area contributed by atoms with Gasteiger partial charge < -0.3 is 5.32 Å². The standard InChI is InChI=1S/C21H27NO/c1-14(22-20(23)8-7-15-5-3-2-4-6-15)21-18-10-16-9-17(12-18)13-19(21)11-16/h2-8,14,16-19,21H,9-13H2,1H3,(H,22,23)/b8-7-. The van der Waals surface area contributed by atoms with Gasteiger partial charge in [0.25, 0.3) is 0 Å². The van der Waals surface area contributed by atoms with Crippen molar-refractivity contribution in [1.29, 1.82) is 0 Å². The van der Waals surface area contributed by atoms with E-state index in [1.54, 1.807) is 6.08 Å². The van der Waals surface area contributed by atoms with Gasteiger partial charge in [-0.05, 0) is 80.3 Å². The van der Waals surface area contributed by atoms with Crippen LogP contribution in [0.25, 0.3) is 6.08 Å². The second kappa shape index (κ2) is 6.14. The molecule has 4 fully saturated rings. The van der Waals surface area contributed by atoms with Crippen LogP contribution >= 0.6 is 0 Å². The maximum atomic E-state index is 12.3. The molecule has 2 heteroatoms. The van der Waals surface area contributed by atoms with Crippen molar-refractivity contribution >= 4 is 12.0 Å². The summed E-state index contributed by atoms with van der Waals surface area (Å²) >= 11 is 0. The minimum atomic E-state index is 0.0511. The van der Waals surface area contributed by atoms with E-state index in [2.05, 4.69) is 12.2 Å². The molecule has 1 unspecified atom stereocenters. The summed E-state index contributed by atoms with van der Waals surface area (Å²) in [5.74, 6) is 4.47. The summed E-state index contributed by atoms with van der Waals surface area (Å²) in [5.41, 5.74) is 1.07. The zero-order valence-electron chi connectivity index (χ0n) is 13.9. The predicted molar refractivity (Wildman–Crippen MR) is 93.6 cm³/mol. The van der Waals surface area contributed by atoms with Crippen molar-refractivity contribution in [3.8, 4) is 0 Å². The number of hydrogen-bond donors (Lipinski definition) is 1. The molecule has 1 aromatic rings. The van der Waals surface area contributed by atoms with Gasteiger partial charge in [0.1, 0.15) is 0 Å². The van der Waals surface area contributed by atoms with E-state index < -0.39 is 0 Å². The molecule has 1 atom stereocenters. The smallest absolute Gasteiger partial charge is 0.244 e. The maximum absolute atomic E-state index is 12.3. The van der Waals surface area contributed by atoms with Gasteiger partial charge in [0.15, 0.2) is 0 Å². The van der Waals surface area contributed by atoms with E-state index in [1.807, 2.05) is 36.4 Å². The molecule has 23 heavy (non-hydrogen) atoms. The van der Waals surface area contributed by atoms with Crippen LogP contribution in [0.5, 0.6) is 0 Å². The first-order valence-corrected chi connectivity index (χ1v) is 9.22. The first kappa shape index (κ1) is 15.0. The van der Waals surface area contributed by atoms with Crippen LogP contribution in [0.1, 0.15) is 44.6 Å². The summed E-state index contributed by atoms with van der Waals surface area (Å²) in [6.45, 7) is 2.22. The van der Waals surface area contributed by atoms with Crippen LogP contribution in [-0.4, -0.2) is 11.9 Å². The van der Waals surface area contributed by atoms with Gasteiger partial charge in [-0.2, -0.15) is 0 Å². The Kier molecular flexibility index (Phi) is 4.00. The maximum Gasteiger partial charge on any atom is 0.244 e. The molecule has 0 saturated heterocycles. The molecule has 1 aromatic carbocycles. The number of carbonyl (C=O) groups excluding carboxylic acids is 1. The molecule has 5 rings (SSSR count). The molecule has 4 aliphatic carbocycles. The summed E-state index contributed by atoms with van der Waals surface area (Å²) in [5, 5.41) is 3.25. The molecule has 1 amide bonds. The summed E-state index contributed by atoms with van der Waals surface area (Å²) in [6, 6.07) is 10.3. The minimum Gasteiger partial charge on any atom is -0.350 e. The molecule has 2 nitrogen and oxygen atoms in total. The van der Waals surface area contributed by atoms with Gasteiger partial charge in [-0.25, -0.2) is 0 Å². The lowest BCUT2D eigenvalue weighted by Crippen LogP contribution is -2.52. The highest BCUT2D eigenvalue weighted by molar-refractivity contribution is 5.91. The zero-order valence-corrected chi connectivity index (χ0v) is 13.9. The van der Waals surface area contributed by atoms with Crippen LogP contribution in [0.3, 0.4) is 0 Å². The molecule has 0 radical (unpaired) electrons. The van der Waals surface area contributed by atoms with Crippen molar-refractivity contribution in [1.82, 2.24) is 5.32 Å². The monoisotopic (exact) mass is 309 g/mol. The van der Waals surface area contributed by atoms with Crippen molar-refractivity contribution in [2.45, 2.75) is 45.1 Å². The third kappa shape index (κ3) is 3.08. The average Bonchev–Trinajstić information content (AvgIpc) is 2.53. The molecule has 4 bridgehead atoms. The molecule has 0 spiro atoms. The minimum absolute atomic E-state index is 0.0511. The van der Waals surface area contributed by atoms with Crippen LogP contribution in [0.4, 0.5) is 0 Å². The zero-order chi connectivity index (χ0) is 15.8. The van der Waals surface area contributed by atoms with Crippen molar-refractivity contribution < 1.29 is 4.79 Å². The van der Waals surface area contributed by atoms with Crippen LogP contribution < -0.4 is 5.32 Å². The molecule has 4 saturated carbocycles. The van der Waals surface area contributed by atoms with Crippen LogP contribution in [-0.2, 0) is 4.79 Å². The molecule has 4 aliphatic rings. The summed E-state index contributed by atoms with van der Waals surface area (Å²) < 4.78 is 0. The number of carbonyl (C=O) groups is 1. The van der Waals surface area contributed by atoms with Gasteiger partial charge in [-0.1, -0.05) is 30.3 Å². The first-order valence-electron chi connectivity index (χ1n) is 9.22. The van der Waals surface area contributed by atoms with E-state index in [1.165, 1.54) is 32.1 Å². The number of nitrogens with one attached hydrogen (secondary N) is 1. The fourth-order valence-corrected chi connectivity index (χ4v) is 5.89. The quantitative estimate of drug-likeness (QED) is 0.827. The van der Waals surface area contributed by atoms with E-state index >= 15 is 0 Å². The van der Waals surface area contributed by atoms with Gasteiger partial charge in [0.05, 0.1) is 0 Å². The highest BCUT2D eigenvalue weighted by Gasteiger charge is 2.49. The summed E-state index contributed by atoms with van der Waals surface area (Å²) in [7, 11) is 0.